The lowest BCUT2D eigenvalue weighted by Crippen LogP contribution is -2.47. The van der Waals surface area contributed by atoms with Gasteiger partial charge in [-0.1, -0.05) is 27.7 Å². The minimum Gasteiger partial charge on any atom is -0.336 e. The number of alkyl halides is 3. The molecule has 4 nitrogen and oxygen atoms in total. The maximum absolute atomic E-state index is 13.1. The zero-order valence-corrected chi connectivity index (χ0v) is 16.6. The second kappa shape index (κ2) is 7.28. The monoisotopic (exact) mass is 388 g/mol. The molecule has 0 bridgehead atoms. The molecule has 0 aromatic carbocycles. The molecule has 7 heteroatoms. The van der Waals surface area contributed by atoms with Crippen LogP contribution < -0.4 is 0 Å². The van der Waals surface area contributed by atoms with Crippen molar-refractivity contribution in [2.75, 3.05) is 13.1 Å². The SMILES string of the molecule is CC1CC(C)[C@@H]2CC(F)(F)CN2C1=O.CC1CC(C)[C@@H]2CC(F)CN2C1=O. The van der Waals surface area contributed by atoms with Crippen LogP contribution in [0.2, 0.25) is 0 Å². The van der Waals surface area contributed by atoms with Crippen LogP contribution in [0.3, 0.4) is 0 Å². The standard InChI is InChI=1S/C10H15F2NO.C10H16FNO/c1-6-3-7(2)9(14)13-5-10(11,12)4-8(6)13;1-6-3-7(2)10(13)12-5-8(11)4-9(6)12/h6-8H,3-5H2,1-2H3;6-9H,3-5H2,1-2H3/t6?,7?,8-;6?,7?,8?,9-/m00/s1. The Balaban J connectivity index is 0.000000156. The van der Waals surface area contributed by atoms with Gasteiger partial charge in [0.05, 0.1) is 13.1 Å². The molecule has 154 valence electrons. The topological polar surface area (TPSA) is 40.6 Å². The molecule has 4 rings (SSSR count). The molecule has 0 aliphatic carbocycles. The van der Waals surface area contributed by atoms with Crippen LogP contribution in [0.4, 0.5) is 13.2 Å². The van der Waals surface area contributed by atoms with Gasteiger partial charge >= 0.3 is 0 Å². The van der Waals surface area contributed by atoms with Gasteiger partial charge in [-0.2, -0.15) is 0 Å². The summed E-state index contributed by atoms with van der Waals surface area (Å²) < 4.78 is 39.4. The fourth-order valence-corrected chi connectivity index (χ4v) is 5.40. The van der Waals surface area contributed by atoms with E-state index < -0.39 is 12.1 Å². The Hall–Kier alpha value is -1.27. The maximum Gasteiger partial charge on any atom is 0.267 e. The second-order valence-electron chi connectivity index (χ2n) is 9.21. The number of fused-ring (bicyclic) bond motifs is 2. The van der Waals surface area contributed by atoms with E-state index in [4.69, 9.17) is 0 Å². The predicted molar refractivity (Wildman–Crippen MR) is 96.0 cm³/mol. The molecule has 0 N–H and O–H groups in total. The van der Waals surface area contributed by atoms with Crippen molar-refractivity contribution in [2.45, 2.75) is 77.6 Å². The van der Waals surface area contributed by atoms with Gasteiger partial charge in [0.1, 0.15) is 6.17 Å². The Morgan fingerprint density at radius 1 is 0.852 bits per heavy atom. The highest BCUT2D eigenvalue weighted by Crippen LogP contribution is 2.41. The largest absolute Gasteiger partial charge is 0.336 e. The van der Waals surface area contributed by atoms with Crippen molar-refractivity contribution < 1.29 is 22.8 Å². The van der Waals surface area contributed by atoms with Crippen molar-refractivity contribution in [2.24, 2.45) is 23.7 Å². The van der Waals surface area contributed by atoms with E-state index in [2.05, 4.69) is 6.92 Å². The molecule has 4 aliphatic heterocycles. The number of carbonyl (C=O) groups is 2. The summed E-state index contributed by atoms with van der Waals surface area (Å²) in [7, 11) is 0. The molecule has 5 unspecified atom stereocenters. The Morgan fingerprint density at radius 2 is 1.37 bits per heavy atom. The molecule has 2 amide bonds. The number of amides is 2. The van der Waals surface area contributed by atoms with Crippen molar-refractivity contribution >= 4 is 11.8 Å². The summed E-state index contributed by atoms with van der Waals surface area (Å²) in [6, 6.07) is -0.0487. The molecular weight excluding hydrogens is 357 g/mol. The van der Waals surface area contributed by atoms with E-state index in [1.807, 2.05) is 20.8 Å². The zero-order valence-electron chi connectivity index (χ0n) is 16.6. The minimum atomic E-state index is -2.67. The molecular formula is C20H31F3N2O2. The van der Waals surface area contributed by atoms with Crippen molar-refractivity contribution in [1.29, 1.82) is 0 Å². The quantitative estimate of drug-likeness (QED) is 0.637. The lowest BCUT2D eigenvalue weighted by molar-refractivity contribution is -0.142. The summed E-state index contributed by atoms with van der Waals surface area (Å²) in [5, 5.41) is 0. The molecule has 4 heterocycles. The first-order chi connectivity index (χ1) is 12.5. The molecule has 4 saturated heterocycles. The number of rotatable bonds is 0. The summed E-state index contributed by atoms with van der Waals surface area (Å²) in [4.78, 5) is 26.4. The van der Waals surface area contributed by atoms with Crippen LogP contribution in [0.1, 0.15) is 53.4 Å². The molecule has 0 saturated carbocycles. The lowest BCUT2D eigenvalue weighted by Gasteiger charge is -2.37. The van der Waals surface area contributed by atoms with Crippen molar-refractivity contribution in [3.05, 3.63) is 0 Å². The van der Waals surface area contributed by atoms with Gasteiger partial charge in [0.25, 0.3) is 5.92 Å². The van der Waals surface area contributed by atoms with Crippen molar-refractivity contribution in [3.63, 3.8) is 0 Å². The third-order valence-corrected chi connectivity index (χ3v) is 6.78. The summed E-state index contributed by atoms with van der Waals surface area (Å²) >= 11 is 0. The third-order valence-electron chi connectivity index (χ3n) is 6.78. The molecule has 4 aliphatic rings. The number of nitrogens with zero attached hydrogens (tertiary/aromatic N) is 2. The molecule has 0 aromatic rings. The van der Waals surface area contributed by atoms with Gasteiger partial charge in [0.15, 0.2) is 0 Å². The van der Waals surface area contributed by atoms with Crippen molar-refractivity contribution in [1.82, 2.24) is 9.80 Å². The van der Waals surface area contributed by atoms with Crippen LogP contribution in [-0.4, -0.2) is 58.9 Å². The van der Waals surface area contributed by atoms with E-state index in [9.17, 15) is 22.8 Å². The highest BCUT2D eigenvalue weighted by Gasteiger charge is 2.51. The van der Waals surface area contributed by atoms with Gasteiger partial charge in [-0.25, -0.2) is 13.2 Å². The Labute approximate surface area is 159 Å². The third kappa shape index (κ3) is 3.97. The Morgan fingerprint density at radius 3 is 1.96 bits per heavy atom. The summed E-state index contributed by atoms with van der Waals surface area (Å²) in [5.41, 5.74) is 0. The van der Waals surface area contributed by atoms with Crippen molar-refractivity contribution in [3.8, 4) is 0 Å². The van der Waals surface area contributed by atoms with Crippen LogP contribution >= 0.6 is 0 Å². The van der Waals surface area contributed by atoms with Gasteiger partial charge in [-0.15, -0.1) is 0 Å². The fourth-order valence-electron chi connectivity index (χ4n) is 5.40. The first kappa shape index (κ1) is 20.5. The summed E-state index contributed by atoms with van der Waals surface area (Å²) in [6.07, 6.45) is 1.29. The lowest BCUT2D eigenvalue weighted by atomic mass is 9.85. The molecule has 0 spiro atoms. The molecule has 4 fully saturated rings. The normalized spacial score (nSPS) is 43.1. The maximum atomic E-state index is 13.1. The van der Waals surface area contributed by atoms with Crippen LogP contribution in [0.25, 0.3) is 0 Å². The Kier molecular flexibility index (Phi) is 5.52. The van der Waals surface area contributed by atoms with E-state index in [1.54, 1.807) is 4.90 Å². The highest BCUT2D eigenvalue weighted by molar-refractivity contribution is 5.80. The zero-order chi connectivity index (χ0) is 20.1. The fraction of sp³-hybridized carbons (Fsp3) is 0.900. The first-order valence-corrected chi connectivity index (χ1v) is 10.1. The first-order valence-electron chi connectivity index (χ1n) is 10.1. The number of hydrogen-bond donors (Lipinski definition) is 0. The Bertz CT molecular complexity index is 600. The van der Waals surface area contributed by atoms with E-state index >= 15 is 0 Å². The van der Waals surface area contributed by atoms with Crippen LogP contribution in [0, 0.1) is 23.7 Å². The van der Waals surface area contributed by atoms with Gasteiger partial charge in [0.2, 0.25) is 11.8 Å². The molecule has 0 aromatic heterocycles. The number of halogens is 3. The van der Waals surface area contributed by atoms with Crippen LogP contribution in [0.5, 0.6) is 0 Å². The second-order valence-corrected chi connectivity index (χ2v) is 9.21. The summed E-state index contributed by atoms with van der Waals surface area (Å²) in [6.45, 7) is 7.82. The summed E-state index contributed by atoms with van der Waals surface area (Å²) in [5.74, 6) is -1.93. The van der Waals surface area contributed by atoms with E-state index in [1.165, 1.54) is 4.90 Å². The number of hydrogen-bond acceptors (Lipinski definition) is 2. The predicted octanol–water partition coefficient (Wildman–Crippen LogP) is 3.50. The molecule has 7 atom stereocenters. The van der Waals surface area contributed by atoms with E-state index in [0.717, 1.165) is 12.8 Å². The van der Waals surface area contributed by atoms with Gasteiger partial charge in [-0.05, 0) is 24.7 Å². The molecule has 0 radical (unpaired) electrons. The van der Waals surface area contributed by atoms with Gasteiger partial charge in [0, 0.05) is 36.8 Å². The van der Waals surface area contributed by atoms with E-state index in [-0.39, 0.29) is 54.6 Å². The van der Waals surface area contributed by atoms with Gasteiger partial charge in [-0.3, -0.25) is 9.59 Å². The highest BCUT2D eigenvalue weighted by atomic mass is 19.3. The number of piperidine rings is 2. The van der Waals surface area contributed by atoms with Gasteiger partial charge < -0.3 is 9.80 Å². The van der Waals surface area contributed by atoms with E-state index in [0.29, 0.717) is 18.9 Å². The average Bonchev–Trinajstić information content (AvgIpc) is 3.12. The minimum absolute atomic E-state index is 0.0878. The average molecular weight is 388 g/mol. The number of carbonyl (C=O) groups excluding carboxylic acids is 2. The smallest absolute Gasteiger partial charge is 0.267 e. The van der Waals surface area contributed by atoms with Crippen LogP contribution in [0.15, 0.2) is 0 Å². The van der Waals surface area contributed by atoms with Crippen LogP contribution in [-0.2, 0) is 9.59 Å². The molecule has 27 heavy (non-hydrogen) atoms.